The number of hydrogen-bond acceptors (Lipinski definition) is 9. The minimum absolute atomic E-state index is 0.0411. The number of nitrogens with one attached hydrogen (secondary N) is 1. The number of benzene rings is 1. The standard InChI is InChI=1S/C20H19F2N5O5S/c1-10-14(11(2)27-19(23-10)25-20(26-27)33-3)8-16(29)31-9-15(28)24-17(30)12-4-6-13(7-5-12)32-18(21)22/h4-7,18H,8-9H2,1-3H3,(H,24,28,30). The van der Waals surface area contributed by atoms with Crippen molar-refractivity contribution in [2.75, 3.05) is 12.9 Å². The van der Waals surface area contributed by atoms with Crippen LogP contribution in [0.2, 0.25) is 0 Å². The molecule has 0 radical (unpaired) electrons. The maximum atomic E-state index is 12.3. The SMILES string of the molecule is CSc1nc2nc(C)c(CC(=O)OCC(=O)NC(=O)c3ccc(OC(F)F)cc3)c(C)n2n1. The Bertz CT molecular complexity index is 1200. The van der Waals surface area contributed by atoms with Crippen molar-refractivity contribution in [1.82, 2.24) is 24.9 Å². The van der Waals surface area contributed by atoms with Gasteiger partial charge in [-0.2, -0.15) is 13.8 Å². The third kappa shape index (κ3) is 6.00. The van der Waals surface area contributed by atoms with Crippen molar-refractivity contribution in [3.63, 3.8) is 0 Å². The van der Waals surface area contributed by atoms with Gasteiger partial charge in [0.25, 0.3) is 17.6 Å². The molecule has 0 spiro atoms. The van der Waals surface area contributed by atoms with Crippen molar-refractivity contribution in [3.05, 3.63) is 46.8 Å². The van der Waals surface area contributed by atoms with Crippen molar-refractivity contribution in [2.24, 2.45) is 0 Å². The van der Waals surface area contributed by atoms with Crippen LogP contribution in [0.15, 0.2) is 29.4 Å². The number of carbonyl (C=O) groups excluding carboxylic acids is 3. The molecule has 2 heterocycles. The molecule has 33 heavy (non-hydrogen) atoms. The number of thioether (sulfide) groups is 1. The number of alkyl halides is 2. The second kappa shape index (κ2) is 10.3. The van der Waals surface area contributed by atoms with E-state index in [1.54, 1.807) is 13.8 Å². The van der Waals surface area contributed by atoms with E-state index < -0.39 is 31.0 Å². The van der Waals surface area contributed by atoms with Gasteiger partial charge in [0.05, 0.1) is 6.42 Å². The number of carbonyl (C=O) groups is 3. The summed E-state index contributed by atoms with van der Waals surface area (Å²) in [6, 6.07) is 4.76. The Morgan fingerprint density at radius 2 is 1.85 bits per heavy atom. The first-order valence-electron chi connectivity index (χ1n) is 9.49. The Labute approximate surface area is 190 Å². The van der Waals surface area contributed by atoms with Crippen LogP contribution in [0.4, 0.5) is 8.78 Å². The predicted octanol–water partition coefficient (Wildman–Crippen LogP) is 2.11. The third-order valence-corrected chi connectivity index (χ3v) is 5.03. The lowest BCUT2D eigenvalue weighted by molar-refractivity contribution is -0.147. The van der Waals surface area contributed by atoms with E-state index in [0.717, 1.165) is 0 Å². The van der Waals surface area contributed by atoms with E-state index in [2.05, 4.69) is 25.1 Å². The molecule has 0 saturated carbocycles. The Balaban J connectivity index is 1.55. The van der Waals surface area contributed by atoms with Gasteiger partial charge in [-0.1, -0.05) is 11.8 Å². The minimum Gasteiger partial charge on any atom is -0.455 e. The summed E-state index contributed by atoms with van der Waals surface area (Å²) in [6.07, 6.45) is 1.68. The molecule has 2 amide bonds. The van der Waals surface area contributed by atoms with Gasteiger partial charge >= 0.3 is 12.6 Å². The maximum absolute atomic E-state index is 12.3. The number of esters is 1. The largest absolute Gasteiger partial charge is 0.455 e. The molecule has 0 saturated heterocycles. The number of aryl methyl sites for hydroxylation is 2. The predicted molar refractivity (Wildman–Crippen MR) is 112 cm³/mol. The summed E-state index contributed by atoms with van der Waals surface area (Å²) < 4.78 is 35.0. The van der Waals surface area contributed by atoms with Crippen LogP contribution in [0.3, 0.4) is 0 Å². The fourth-order valence-electron chi connectivity index (χ4n) is 2.90. The van der Waals surface area contributed by atoms with E-state index in [1.165, 1.54) is 40.5 Å². The Kier molecular flexibility index (Phi) is 7.53. The van der Waals surface area contributed by atoms with E-state index in [9.17, 15) is 23.2 Å². The Hall–Kier alpha value is -3.61. The highest BCUT2D eigenvalue weighted by atomic mass is 32.2. The van der Waals surface area contributed by atoms with Gasteiger partial charge in [-0.15, -0.1) is 5.10 Å². The van der Waals surface area contributed by atoms with Gasteiger partial charge < -0.3 is 9.47 Å². The molecule has 2 aromatic heterocycles. The van der Waals surface area contributed by atoms with Crippen LogP contribution in [-0.4, -0.2) is 56.8 Å². The zero-order chi connectivity index (χ0) is 24.1. The van der Waals surface area contributed by atoms with Crippen molar-refractivity contribution >= 4 is 35.3 Å². The highest BCUT2D eigenvalue weighted by Gasteiger charge is 2.18. The first-order valence-corrected chi connectivity index (χ1v) is 10.7. The smallest absolute Gasteiger partial charge is 0.387 e. The first kappa shape index (κ1) is 24.0. The monoisotopic (exact) mass is 479 g/mol. The normalized spacial score (nSPS) is 11.0. The average Bonchev–Trinajstić information content (AvgIpc) is 3.18. The fraction of sp³-hybridized carbons (Fsp3) is 0.300. The molecule has 0 bridgehead atoms. The molecule has 10 nitrogen and oxygen atoms in total. The van der Waals surface area contributed by atoms with Gasteiger partial charge in [0.1, 0.15) is 5.75 Å². The van der Waals surface area contributed by atoms with E-state index in [-0.39, 0.29) is 17.7 Å². The number of ether oxygens (including phenoxy) is 2. The Morgan fingerprint density at radius 1 is 1.15 bits per heavy atom. The number of fused-ring (bicyclic) bond motifs is 1. The topological polar surface area (TPSA) is 125 Å². The average molecular weight is 479 g/mol. The zero-order valence-electron chi connectivity index (χ0n) is 17.8. The molecule has 0 aliphatic rings. The second-order valence-corrected chi connectivity index (χ2v) is 7.46. The molecule has 0 fully saturated rings. The molecule has 1 aromatic carbocycles. The first-order chi connectivity index (χ1) is 15.7. The van der Waals surface area contributed by atoms with Gasteiger partial charge in [-0.25, -0.2) is 9.50 Å². The van der Waals surface area contributed by atoms with Crippen LogP contribution in [0.1, 0.15) is 27.3 Å². The molecule has 0 aliphatic heterocycles. The molecule has 0 atom stereocenters. The lowest BCUT2D eigenvalue weighted by Gasteiger charge is -2.10. The lowest BCUT2D eigenvalue weighted by Crippen LogP contribution is -2.34. The van der Waals surface area contributed by atoms with Crippen molar-refractivity contribution in [2.45, 2.75) is 32.0 Å². The van der Waals surface area contributed by atoms with Crippen LogP contribution >= 0.6 is 11.8 Å². The molecule has 174 valence electrons. The maximum Gasteiger partial charge on any atom is 0.387 e. The van der Waals surface area contributed by atoms with Gasteiger partial charge in [-0.05, 0) is 44.4 Å². The molecule has 0 aliphatic carbocycles. The van der Waals surface area contributed by atoms with E-state index in [4.69, 9.17) is 4.74 Å². The molecule has 1 N–H and O–H groups in total. The third-order valence-electron chi connectivity index (χ3n) is 4.49. The Morgan fingerprint density at radius 3 is 2.48 bits per heavy atom. The van der Waals surface area contributed by atoms with Crippen molar-refractivity contribution in [3.8, 4) is 5.75 Å². The summed E-state index contributed by atoms with van der Waals surface area (Å²) >= 11 is 1.36. The fourth-order valence-corrected chi connectivity index (χ4v) is 3.23. The second-order valence-electron chi connectivity index (χ2n) is 6.69. The molecule has 13 heteroatoms. The molecular formula is C20H19F2N5O5S. The van der Waals surface area contributed by atoms with E-state index >= 15 is 0 Å². The van der Waals surface area contributed by atoms with Crippen LogP contribution < -0.4 is 10.1 Å². The van der Waals surface area contributed by atoms with Gasteiger partial charge in [-0.3, -0.25) is 19.7 Å². The van der Waals surface area contributed by atoms with Crippen molar-refractivity contribution in [1.29, 1.82) is 0 Å². The summed E-state index contributed by atoms with van der Waals surface area (Å²) in [5, 5.41) is 6.90. The van der Waals surface area contributed by atoms with E-state index in [0.29, 0.717) is 27.9 Å². The van der Waals surface area contributed by atoms with E-state index in [1.807, 2.05) is 6.26 Å². The molecule has 3 rings (SSSR count). The van der Waals surface area contributed by atoms with Gasteiger partial charge in [0.2, 0.25) is 5.16 Å². The number of aromatic nitrogens is 4. The van der Waals surface area contributed by atoms with Crippen LogP contribution in [-0.2, 0) is 20.7 Å². The number of halogens is 2. The lowest BCUT2D eigenvalue weighted by atomic mass is 10.1. The summed E-state index contributed by atoms with van der Waals surface area (Å²) in [7, 11) is 0. The van der Waals surface area contributed by atoms with Gasteiger partial charge in [0, 0.05) is 22.5 Å². The summed E-state index contributed by atoms with van der Waals surface area (Å²) in [4.78, 5) is 44.9. The van der Waals surface area contributed by atoms with Crippen LogP contribution in [0.25, 0.3) is 5.78 Å². The number of imide groups is 1. The molecule has 3 aromatic rings. The van der Waals surface area contributed by atoms with Crippen LogP contribution in [0, 0.1) is 13.8 Å². The quantitative estimate of drug-likeness (QED) is 0.382. The van der Waals surface area contributed by atoms with Gasteiger partial charge in [0.15, 0.2) is 6.61 Å². The summed E-state index contributed by atoms with van der Waals surface area (Å²) in [5.41, 5.74) is 1.88. The van der Waals surface area contributed by atoms with Crippen molar-refractivity contribution < 1.29 is 32.6 Å². The minimum atomic E-state index is -2.99. The summed E-state index contributed by atoms with van der Waals surface area (Å²) in [5.74, 6) is -2.03. The highest BCUT2D eigenvalue weighted by molar-refractivity contribution is 7.98. The molecular weight excluding hydrogens is 460 g/mol. The number of rotatable bonds is 8. The summed E-state index contributed by atoms with van der Waals surface area (Å²) in [6.45, 7) is -0.168. The number of amides is 2. The highest BCUT2D eigenvalue weighted by Crippen LogP contribution is 2.18. The molecule has 0 unspecified atom stereocenters. The van der Waals surface area contributed by atoms with Crippen LogP contribution in [0.5, 0.6) is 5.75 Å². The zero-order valence-corrected chi connectivity index (χ0v) is 18.6. The number of nitrogens with zero attached hydrogens (tertiary/aromatic N) is 4. The number of hydrogen-bond donors (Lipinski definition) is 1.